The van der Waals surface area contributed by atoms with Gasteiger partial charge < -0.3 is 30.4 Å². The number of carbonyl (C=O) groups excluding carboxylic acids is 3. The Kier molecular flexibility index (Phi) is 15.4. The van der Waals surface area contributed by atoms with Crippen molar-refractivity contribution in [2.45, 2.75) is 70.3 Å². The van der Waals surface area contributed by atoms with Crippen LogP contribution in [0.25, 0.3) is 6.08 Å². The Labute approximate surface area is 282 Å². The normalized spacial score (nSPS) is 11.4. The standard InChI is InChI=1S/C36H40F4N2O7/c37-35(38)36(39,40)49-31-17-13-26(14-18-31)34(45)48-30-15-10-25(11-16-30)12-19-32(43)46-20-8-6-4-2-1-3-5-7-9-21-47-33(44)27-22-28(41)24-29(42)23-27/h10-19,22-24,35H,1-9,20-21,41-42H2/b19-12+. The monoisotopic (exact) mass is 688 g/mol. The summed E-state index contributed by atoms with van der Waals surface area (Å²) in [6, 6.07) is 15.0. The third-order valence-electron chi connectivity index (χ3n) is 7.08. The number of nitrogens with two attached hydrogens (primary N) is 2. The van der Waals surface area contributed by atoms with Crippen LogP contribution in [0.2, 0.25) is 0 Å². The minimum Gasteiger partial charge on any atom is -0.463 e. The van der Waals surface area contributed by atoms with Crippen LogP contribution in [0.15, 0.2) is 72.8 Å². The molecule has 0 atom stereocenters. The molecule has 0 heterocycles. The number of hydrogen-bond acceptors (Lipinski definition) is 9. The molecule has 0 saturated heterocycles. The highest BCUT2D eigenvalue weighted by molar-refractivity contribution is 5.92. The maximum atomic E-state index is 13.0. The molecular weight excluding hydrogens is 648 g/mol. The molecule has 0 aromatic heterocycles. The summed E-state index contributed by atoms with van der Waals surface area (Å²) in [4.78, 5) is 36.4. The smallest absolute Gasteiger partial charge is 0.461 e. The van der Waals surface area contributed by atoms with E-state index in [4.69, 9.17) is 25.7 Å². The van der Waals surface area contributed by atoms with Gasteiger partial charge in [0.05, 0.1) is 24.3 Å². The van der Waals surface area contributed by atoms with Gasteiger partial charge in [0.25, 0.3) is 0 Å². The Morgan fingerprint density at radius 2 is 1.16 bits per heavy atom. The number of unbranched alkanes of at least 4 members (excludes halogenated alkanes) is 8. The van der Waals surface area contributed by atoms with Crippen molar-refractivity contribution in [3.05, 3.63) is 89.5 Å². The molecule has 0 unspecified atom stereocenters. The van der Waals surface area contributed by atoms with Crippen LogP contribution in [-0.2, 0) is 14.3 Å². The first kappa shape index (κ1) is 38.4. The second kappa shape index (κ2) is 19.7. The molecule has 3 rings (SSSR count). The number of rotatable bonds is 20. The number of ether oxygens (including phenoxy) is 4. The summed E-state index contributed by atoms with van der Waals surface area (Å²) in [5.74, 6) is -2.04. The van der Waals surface area contributed by atoms with Crippen molar-refractivity contribution in [3.8, 4) is 11.5 Å². The number of nitrogen functional groups attached to an aromatic ring is 2. The van der Waals surface area contributed by atoms with E-state index in [9.17, 15) is 31.9 Å². The molecule has 3 aromatic carbocycles. The summed E-state index contributed by atoms with van der Waals surface area (Å²) in [5, 5.41) is 0. The molecule has 49 heavy (non-hydrogen) atoms. The minimum atomic E-state index is -4.65. The van der Waals surface area contributed by atoms with Gasteiger partial charge in [-0.05, 0) is 79.1 Å². The number of anilines is 2. The van der Waals surface area contributed by atoms with Gasteiger partial charge >= 0.3 is 30.4 Å². The molecule has 9 nitrogen and oxygen atoms in total. The average molecular weight is 689 g/mol. The molecular formula is C36H40F4N2O7. The Balaban J connectivity index is 1.20. The molecule has 0 bridgehead atoms. The van der Waals surface area contributed by atoms with Crippen molar-refractivity contribution in [1.82, 2.24) is 0 Å². The topological polar surface area (TPSA) is 140 Å². The van der Waals surface area contributed by atoms with Crippen molar-refractivity contribution >= 4 is 35.4 Å². The summed E-state index contributed by atoms with van der Waals surface area (Å²) in [6.07, 6.45) is 3.11. The zero-order valence-corrected chi connectivity index (χ0v) is 26.9. The number of hydrogen-bond donors (Lipinski definition) is 2. The van der Waals surface area contributed by atoms with Crippen LogP contribution in [0.5, 0.6) is 11.5 Å². The molecule has 13 heteroatoms. The van der Waals surface area contributed by atoms with Crippen LogP contribution < -0.4 is 20.9 Å². The molecule has 0 aliphatic carbocycles. The van der Waals surface area contributed by atoms with Gasteiger partial charge in [-0.3, -0.25) is 0 Å². The third-order valence-corrected chi connectivity index (χ3v) is 7.08. The Hall–Kier alpha value is -5.07. The van der Waals surface area contributed by atoms with E-state index in [1.165, 1.54) is 18.2 Å². The molecule has 0 fully saturated rings. The van der Waals surface area contributed by atoms with E-state index < -0.39 is 36.2 Å². The molecule has 264 valence electrons. The van der Waals surface area contributed by atoms with Crippen molar-refractivity contribution < 1.29 is 50.9 Å². The van der Waals surface area contributed by atoms with E-state index in [1.807, 2.05) is 0 Å². The molecule has 0 radical (unpaired) electrons. The largest absolute Gasteiger partial charge is 0.463 e. The van der Waals surface area contributed by atoms with Gasteiger partial charge in [-0.2, -0.15) is 17.6 Å². The number of carbonyl (C=O) groups is 3. The second-order valence-electron chi connectivity index (χ2n) is 11.2. The molecule has 0 spiro atoms. The highest BCUT2D eigenvalue weighted by atomic mass is 19.3. The van der Waals surface area contributed by atoms with E-state index in [2.05, 4.69) is 4.74 Å². The fraction of sp³-hybridized carbons (Fsp3) is 0.361. The van der Waals surface area contributed by atoms with E-state index in [-0.39, 0.29) is 11.3 Å². The van der Waals surface area contributed by atoms with E-state index in [0.29, 0.717) is 35.7 Å². The van der Waals surface area contributed by atoms with Crippen LogP contribution in [-0.4, -0.2) is 43.7 Å². The van der Waals surface area contributed by atoms with Crippen molar-refractivity contribution in [3.63, 3.8) is 0 Å². The summed E-state index contributed by atoms with van der Waals surface area (Å²) < 4.78 is 70.3. The number of halogens is 4. The maximum Gasteiger partial charge on any atom is 0.461 e. The van der Waals surface area contributed by atoms with Gasteiger partial charge in [-0.25, -0.2) is 14.4 Å². The van der Waals surface area contributed by atoms with Gasteiger partial charge in [0.15, 0.2) is 0 Å². The minimum absolute atomic E-state index is 0.00777. The third kappa shape index (κ3) is 14.3. The van der Waals surface area contributed by atoms with Crippen LogP contribution in [0, 0.1) is 0 Å². The lowest BCUT2D eigenvalue weighted by Gasteiger charge is -2.16. The highest BCUT2D eigenvalue weighted by Crippen LogP contribution is 2.28. The summed E-state index contributed by atoms with van der Waals surface area (Å²) in [7, 11) is 0. The lowest BCUT2D eigenvalue weighted by atomic mass is 10.1. The first-order valence-electron chi connectivity index (χ1n) is 15.9. The Morgan fingerprint density at radius 3 is 1.71 bits per heavy atom. The fourth-order valence-corrected chi connectivity index (χ4v) is 4.54. The van der Waals surface area contributed by atoms with Crippen LogP contribution in [0.1, 0.15) is 84.1 Å². The van der Waals surface area contributed by atoms with Crippen LogP contribution in [0.4, 0.5) is 28.9 Å². The first-order valence-corrected chi connectivity index (χ1v) is 15.9. The first-order chi connectivity index (χ1) is 23.4. The van der Waals surface area contributed by atoms with Gasteiger partial charge in [0.1, 0.15) is 11.5 Å². The molecule has 0 aliphatic heterocycles. The average Bonchev–Trinajstić information content (AvgIpc) is 3.06. The number of alkyl halides is 4. The van der Waals surface area contributed by atoms with Gasteiger partial charge in [0, 0.05) is 17.5 Å². The van der Waals surface area contributed by atoms with Crippen LogP contribution >= 0.6 is 0 Å². The number of esters is 3. The SMILES string of the molecule is Nc1cc(N)cc(C(=O)OCCCCCCCCCCCOC(=O)/C=C/c2ccc(OC(=O)c3ccc(OC(F)(F)C(F)F)cc3)cc2)c1. The lowest BCUT2D eigenvalue weighted by molar-refractivity contribution is -0.253. The molecule has 4 N–H and O–H groups in total. The molecule has 0 saturated carbocycles. The molecule has 3 aromatic rings. The highest BCUT2D eigenvalue weighted by Gasteiger charge is 2.44. The summed E-state index contributed by atoms with van der Waals surface area (Å²) in [5.41, 5.74) is 13.3. The van der Waals surface area contributed by atoms with Gasteiger partial charge in [0.2, 0.25) is 0 Å². The zero-order valence-electron chi connectivity index (χ0n) is 26.9. The summed E-state index contributed by atoms with van der Waals surface area (Å²) >= 11 is 0. The quantitative estimate of drug-likeness (QED) is 0.0300. The Morgan fingerprint density at radius 1 is 0.653 bits per heavy atom. The van der Waals surface area contributed by atoms with Crippen molar-refractivity contribution in [1.29, 1.82) is 0 Å². The fourth-order valence-electron chi connectivity index (χ4n) is 4.54. The van der Waals surface area contributed by atoms with Crippen LogP contribution in [0.3, 0.4) is 0 Å². The van der Waals surface area contributed by atoms with E-state index >= 15 is 0 Å². The zero-order chi connectivity index (χ0) is 35.6. The maximum absolute atomic E-state index is 13.0. The summed E-state index contributed by atoms with van der Waals surface area (Å²) in [6.45, 7) is 0.675. The number of benzene rings is 3. The van der Waals surface area contributed by atoms with Gasteiger partial charge in [-0.15, -0.1) is 0 Å². The molecule has 0 amide bonds. The predicted octanol–water partition coefficient (Wildman–Crippen LogP) is 8.23. The predicted molar refractivity (Wildman–Crippen MR) is 177 cm³/mol. The van der Waals surface area contributed by atoms with Gasteiger partial charge in [-0.1, -0.05) is 57.1 Å². The van der Waals surface area contributed by atoms with Crippen molar-refractivity contribution in [2.75, 3.05) is 24.7 Å². The Bertz CT molecular complexity index is 1510. The second-order valence-corrected chi connectivity index (χ2v) is 11.2. The van der Waals surface area contributed by atoms with E-state index in [1.54, 1.807) is 36.4 Å². The molecule has 0 aliphatic rings. The van der Waals surface area contributed by atoms with Crippen molar-refractivity contribution in [2.24, 2.45) is 0 Å². The van der Waals surface area contributed by atoms with E-state index in [0.717, 1.165) is 82.1 Å². The lowest BCUT2D eigenvalue weighted by Crippen LogP contribution is -2.33.